The number of rotatable bonds is 6. The zero-order valence-corrected chi connectivity index (χ0v) is 13.0. The Morgan fingerprint density at radius 1 is 1.52 bits per heavy atom. The fourth-order valence-electron chi connectivity index (χ4n) is 1.69. The highest BCUT2D eigenvalue weighted by Crippen LogP contribution is 2.06. The van der Waals surface area contributed by atoms with Crippen molar-refractivity contribution in [2.75, 3.05) is 7.11 Å². The summed E-state index contributed by atoms with van der Waals surface area (Å²) in [5, 5.41) is 10.9. The minimum absolute atomic E-state index is 0.227. The highest BCUT2D eigenvalue weighted by Gasteiger charge is 2.24. The molecule has 1 atom stereocenters. The average molecular weight is 364 g/mol. The fourth-order valence-corrected chi connectivity index (χ4v) is 2.16. The van der Waals surface area contributed by atoms with Crippen LogP contribution in [0.5, 0.6) is 0 Å². The first-order valence-electron chi connectivity index (χ1n) is 6.04. The summed E-state index contributed by atoms with van der Waals surface area (Å²) in [6, 6.07) is 0. The Labute approximate surface area is 127 Å². The van der Waals surface area contributed by atoms with Gasteiger partial charge >= 0.3 is 22.9 Å². The van der Waals surface area contributed by atoms with Crippen molar-refractivity contribution in [3.8, 4) is 0 Å². The van der Waals surface area contributed by atoms with E-state index in [-0.39, 0.29) is 13.1 Å². The highest BCUT2D eigenvalue weighted by atomic mass is 79.9. The van der Waals surface area contributed by atoms with Crippen molar-refractivity contribution in [1.82, 2.24) is 9.13 Å². The molecule has 0 amide bonds. The first-order valence-corrected chi connectivity index (χ1v) is 6.95. The van der Waals surface area contributed by atoms with Crippen LogP contribution in [0.25, 0.3) is 0 Å². The molecule has 0 fully saturated rings. The molecule has 21 heavy (non-hydrogen) atoms. The number of aromatic nitrogens is 2. The van der Waals surface area contributed by atoms with Crippen LogP contribution in [0.4, 0.5) is 5.69 Å². The van der Waals surface area contributed by atoms with Gasteiger partial charge in [0.1, 0.15) is 4.83 Å². The monoisotopic (exact) mass is 363 g/mol. The molecule has 0 aromatic carbocycles. The molecule has 0 N–H and O–H groups in total. The molecule has 1 aromatic heterocycles. The smallest absolute Gasteiger partial charge is 0.350 e. The van der Waals surface area contributed by atoms with E-state index < -0.39 is 32.7 Å². The van der Waals surface area contributed by atoms with E-state index in [0.29, 0.717) is 11.0 Å². The Kier molecular flexibility index (Phi) is 5.82. The molecule has 1 rings (SSSR count). The molecule has 0 radical (unpaired) electrons. The van der Waals surface area contributed by atoms with E-state index in [4.69, 9.17) is 0 Å². The summed E-state index contributed by atoms with van der Waals surface area (Å²) in [4.78, 5) is 44.5. The van der Waals surface area contributed by atoms with Gasteiger partial charge in [0.2, 0.25) is 0 Å². The number of nitrogens with zero attached hydrogens (tertiary/aromatic N) is 3. The second kappa shape index (κ2) is 7.16. The number of hydrogen-bond acceptors (Lipinski definition) is 6. The van der Waals surface area contributed by atoms with Gasteiger partial charge in [0.15, 0.2) is 0 Å². The quantitative estimate of drug-likeness (QED) is 0.310. The molecule has 0 aliphatic carbocycles. The molecule has 0 saturated carbocycles. The number of alkyl halides is 1. The van der Waals surface area contributed by atoms with E-state index in [1.54, 1.807) is 6.92 Å². The molecular weight excluding hydrogens is 350 g/mol. The number of ether oxygens (including phenoxy) is 1. The lowest BCUT2D eigenvalue weighted by molar-refractivity contribution is -0.387. The van der Waals surface area contributed by atoms with Gasteiger partial charge in [0, 0.05) is 6.54 Å². The van der Waals surface area contributed by atoms with Crippen LogP contribution in [-0.2, 0) is 22.6 Å². The number of carbonyl (C=O) groups excluding carboxylic acids is 1. The van der Waals surface area contributed by atoms with E-state index in [1.807, 2.05) is 0 Å². The van der Waals surface area contributed by atoms with Crippen molar-refractivity contribution in [3.63, 3.8) is 0 Å². The molecule has 10 heteroatoms. The lowest BCUT2D eigenvalue weighted by Gasteiger charge is -2.11. The normalized spacial score (nSPS) is 12.0. The number of esters is 1. The highest BCUT2D eigenvalue weighted by molar-refractivity contribution is 9.10. The zero-order valence-electron chi connectivity index (χ0n) is 11.4. The summed E-state index contributed by atoms with van der Waals surface area (Å²) in [6.45, 7) is 1.66. The van der Waals surface area contributed by atoms with Crippen molar-refractivity contribution in [2.24, 2.45) is 0 Å². The predicted octanol–water partition coefficient (Wildman–Crippen LogP) is 0.265. The maximum Gasteiger partial charge on any atom is 0.350 e. The lowest BCUT2D eigenvalue weighted by atomic mass is 10.4. The van der Waals surface area contributed by atoms with Gasteiger partial charge in [-0.25, -0.2) is 4.79 Å². The van der Waals surface area contributed by atoms with Gasteiger partial charge in [0.05, 0.1) is 24.8 Å². The number of aryl methyl sites for hydroxylation is 1. The SMILES string of the molecule is CCCn1cc([N+](=O)[O-])c(=O)n(CC(Br)C(=O)OC)c1=O. The van der Waals surface area contributed by atoms with E-state index in [2.05, 4.69) is 20.7 Å². The Morgan fingerprint density at radius 3 is 2.62 bits per heavy atom. The molecule has 0 aliphatic rings. The van der Waals surface area contributed by atoms with Crippen LogP contribution in [-0.4, -0.2) is 32.0 Å². The van der Waals surface area contributed by atoms with E-state index in [1.165, 1.54) is 0 Å². The Morgan fingerprint density at radius 2 is 2.14 bits per heavy atom. The Hall–Kier alpha value is -1.97. The zero-order chi connectivity index (χ0) is 16.2. The van der Waals surface area contributed by atoms with E-state index >= 15 is 0 Å². The molecular formula is C11H14BrN3O6. The maximum absolute atomic E-state index is 12.1. The predicted molar refractivity (Wildman–Crippen MR) is 76.6 cm³/mol. The Bertz CT molecular complexity index is 665. The van der Waals surface area contributed by atoms with Crippen LogP contribution in [0.3, 0.4) is 0 Å². The van der Waals surface area contributed by atoms with Crippen molar-refractivity contribution in [3.05, 3.63) is 37.1 Å². The van der Waals surface area contributed by atoms with Crippen LogP contribution in [0.2, 0.25) is 0 Å². The number of methoxy groups -OCH3 is 1. The summed E-state index contributed by atoms with van der Waals surface area (Å²) in [5.41, 5.74) is -2.47. The summed E-state index contributed by atoms with van der Waals surface area (Å²) in [5.74, 6) is -0.685. The van der Waals surface area contributed by atoms with Gasteiger partial charge in [-0.2, -0.15) is 0 Å². The molecule has 116 valence electrons. The molecule has 0 bridgehead atoms. The topological polar surface area (TPSA) is 113 Å². The standard InChI is InChI=1S/C11H14BrN3O6/c1-3-4-13-6-8(15(19)20)9(16)14(11(13)18)5-7(12)10(17)21-2/h6-7H,3-5H2,1-2H3. The van der Waals surface area contributed by atoms with Crippen LogP contribution in [0.15, 0.2) is 15.8 Å². The third-order valence-electron chi connectivity index (χ3n) is 2.68. The first-order chi connectivity index (χ1) is 9.83. The lowest BCUT2D eigenvalue weighted by Crippen LogP contribution is -2.43. The molecule has 1 heterocycles. The molecule has 1 unspecified atom stereocenters. The van der Waals surface area contributed by atoms with Gasteiger partial charge in [0.25, 0.3) is 0 Å². The largest absolute Gasteiger partial charge is 0.468 e. The summed E-state index contributed by atoms with van der Waals surface area (Å²) >= 11 is 2.98. The van der Waals surface area contributed by atoms with Crippen LogP contribution < -0.4 is 11.2 Å². The van der Waals surface area contributed by atoms with Gasteiger partial charge in [-0.1, -0.05) is 22.9 Å². The maximum atomic E-state index is 12.1. The van der Waals surface area contributed by atoms with Crippen molar-refractivity contribution >= 4 is 27.6 Å². The molecule has 0 saturated heterocycles. The second-order valence-corrected chi connectivity index (χ2v) is 5.26. The average Bonchev–Trinajstić information content (AvgIpc) is 2.44. The number of carbonyl (C=O) groups is 1. The van der Waals surface area contributed by atoms with Gasteiger partial charge in [-0.15, -0.1) is 0 Å². The summed E-state index contributed by atoms with van der Waals surface area (Å²) in [6.07, 6.45) is 1.48. The summed E-state index contributed by atoms with van der Waals surface area (Å²) < 4.78 is 6.21. The van der Waals surface area contributed by atoms with E-state index in [9.17, 15) is 24.5 Å². The first kappa shape index (κ1) is 17.1. The van der Waals surface area contributed by atoms with Crippen LogP contribution in [0.1, 0.15) is 13.3 Å². The van der Waals surface area contributed by atoms with Gasteiger partial charge in [-0.05, 0) is 6.42 Å². The summed E-state index contributed by atoms with van der Waals surface area (Å²) in [7, 11) is 1.15. The molecule has 0 aliphatic heterocycles. The number of halogens is 1. The molecule has 1 aromatic rings. The van der Waals surface area contributed by atoms with Gasteiger partial charge in [-0.3, -0.25) is 28.8 Å². The third kappa shape index (κ3) is 3.78. The number of nitro groups is 1. The minimum Gasteiger partial charge on any atom is -0.468 e. The van der Waals surface area contributed by atoms with Crippen molar-refractivity contribution in [2.45, 2.75) is 31.3 Å². The minimum atomic E-state index is -1.05. The molecule has 0 spiro atoms. The van der Waals surface area contributed by atoms with Crippen LogP contribution in [0, 0.1) is 10.1 Å². The van der Waals surface area contributed by atoms with Crippen LogP contribution >= 0.6 is 15.9 Å². The van der Waals surface area contributed by atoms with E-state index in [0.717, 1.165) is 17.9 Å². The third-order valence-corrected chi connectivity index (χ3v) is 3.34. The Balaban J connectivity index is 3.42. The number of hydrogen-bond donors (Lipinski definition) is 0. The van der Waals surface area contributed by atoms with Crippen molar-refractivity contribution in [1.29, 1.82) is 0 Å². The van der Waals surface area contributed by atoms with Crippen molar-refractivity contribution < 1.29 is 14.5 Å². The van der Waals surface area contributed by atoms with Gasteiger partial charge < -0.3 is 4.74 Å². The molecule has 9 nitrogen and oxygen atoms in total. The fraction of sp³-hybridized carbons (Fsp3) is 0.545. The second-order valence-electron chi connectivity index (χ2n) is 4.15.